The van der Waals surface area contributed by atoms with Crippen molar-refractivity contribution in [1.29, 1.82) is 0 Å². The van der Waals surface area contributed by atoms with Crippen molar-refractivity contribution in [2.45, 2.75) is 20.1 Å². The molecule has 120 valence electrons. The molecule has 0 bridgehead atoms. The van der Waals surface area contributed by atoms with Gasteiger partial charge in [0.1, 0.15) is 30.3 Å². The molecule has 1 aromatic carbocycles. The summed E-state index contributed by atoms with van der Waals surface area (Å²) in [5, 5.41) is 0. The number of ether oxygens (including phenoxy) is 2. The number of methoxy groups -OCH3 is 1. The number of pyridine rings is 1. The molecule has 0 atom stereocenters. The molecule has 3 rings (SSSR count). The van der Waals surface area contributed by atoms with Crippen molar-refractivity contribution < 1.29 is 9.47 Å². The van der Waals surface area contributed by atoms with Gasteiger partial charge in [-0.25, -0.2) is 9.97 Å². The fourth-order valence-electron chi connectivity index (χ4n) is 2.49. The van der Waals surface area contributed by atoms with Crippen molar-refractivity contribution >= 4 is 16.9 Å². The van der Waals surface area contributed by atoms with E-state index in [0.717, 1.165) is 28.3 Å². The fraction of sp³-hybridized carbons (Fsp3) is 0.294. The second kappa shape index (κ2) is 6.66. The van der Waals surface area contributed by atoms with Crippen LogP contribution in [0.25, 0.3) is 11.2 Å². The van der Waals surface area contributed by atoms with E-state index in [1.807, 2.05) is 48.0 Å². The largest absolute Gasteiger partial charge is 0.492 e. The Kier molecular flexibility index (Phi) is 4.43. The van der Waals surface area contributed by atoms with Crippen molar-refractivity contribution in [2.24, 2.45) is 0 Å². The van der Waals surface area contributed by atoms with Crippen LogP contribution in [0.1, 0.15) is 11.4 Å². The Morgan fingerprint density at radius 2 is 2.13 bits per heavy atom. The zero-order valence-corrected chi connectivity index (χ0v) is 13.3. The van der Waals surface area contributed by atoms with Crippen LogP contribution < -0.4 is 10.5 Å². The van der Waals surface area contributed by atoms with Crippen LogP contribution in [-0.2, 0) is 17.9 Å². The number of hydrogen-bond acceptors (Lipinski definition) is 5. The van der Waals surface area contributed by atoms with Crippen LogP contribution in [0, 0.1) is 6.92 Å². The lowest BCUT2D eigenvalue weighted by molar-refractivity contribution is 0.173. The molecule has 0 amide bonds. The summed E-state index contributed by atoms with van der Waals surface area (Å²) in [7, 11) is 1.66. The first kappa shape index (κ1) is 15.3. The number of hydrogen-bond donors (Lipinski definition) is 1. The highest BCUT2D eigenvalue weighted by atomic mass is 16.5. The van der Waals surface area contributed by atoms with Gasteiger partial charge < -0.3 is 19.8 Å². The lowest BCUT2D eigenvalue weighted by Crippen LogP contribution is -2.12. The summed E-state index contributed by atoms with van der Waals surface area (Å²) in [6.07, 6.45) is 1.84. The molecule has 23 heavy (non-hydrogen) atoms. The van der Waals surface area contributed by atoms with Crippen molar-refractivity contribution in [2.75, 3.05) is 19.5 Å². The number of aryl methyl sites for hydroxylation is 1. The summed E-state index contributed by atoms with van der Waals surface area (Å²) in [5.41, 5.74) is 9.25. The Labute approximate surface area is 134 Å². The topological polar surface area (TPSA) is 75.2 Å². The third-order valence-corrected chi connectivity index (χ3v) is 3.52. The van der Waals surface area contributed by atoms with Gasteiger partial charge in [-0.3, -0.25) is 0 Å². The highest BCUT2D eigenvalue weighted by Crippen LogP contribution is 2.17. The first-order valence-corrected chi connectivity index (χ1v) is 7.46. The molecule has 3 aromatic rings. The van der Waals surface area contributed by atoms with E-state index in [-0.39, 0.29) is 0 Å². The molecule has 0 saturated heterocycles. The first-order chi connectivity index (χ1) is 11.2. The number of nitrogens with zero attached hydrogens (tertiary/aromatic N) is 3. The van der Waals surface area contributed by atoms with Crippen LogP contribution in [0.2, 0.25) is 0 Å². The van der Waals surface area contributed by atoms with Crippen LogP contribution >= 0.6 is 0 Å². The molecule has 0 saturated carbocycles. The van der Waals surface area contributed by atoms with E-state index in [4.69, 9.17) is 15.2 Å². The number of benzene rings is 1. The minimum Gasteiger partial charge on any atom is -0.492 e. The van der Waals surface area contributed by atoms with Crippen molar-refractivity contribution in [1.82, 2.24) is 14.5 Å². The second-order valence-corrected chi connectivity index (χ2v) is 5.39. The van der Waals surface area contributed by atoms with E-state index in [1.165, 1.54) is 0 Å². The van der Waals surface area contributed by atoms with E-state index in [9.17, 15) is 0 Å². The Hall–Kier alpha value is -2.60. The molecule has 2 N–H and O–H groups in total. The van der Waals surface area contributed by atoms with Crippen molar-refractivity contribution in [3.63, 3.8) is 0 Å². The highest BCUT2D eigenvalue weighted by molar-refractivity contribution is 5.72. The van der Waals surface area contributed by atoms with Crippen LogP contribution in [0.4, 0.5) is 5.69 Å². The number of anilines is 1. The number of nitrogens with two attached hydrogens (primary N) is 1. The molecule has 0 spiro atoms. The Balaban J connectivity index is 1.79. The minimum atomic E-state index is 0.438. The summed E-state index contributed by atoms with van der Waals surface area (Å²) in [5.74, 6) is 1.60. The summed E-state index contributed by atoms with van der Waals surface area (Å²) in [6.45, 7) is 3.58. The maximum absolute atomic E-state index is 5.77. The van der Waals surface area contributed by atoms with Crippen LogP contribution in [-0.4, -0.2) is 28.3 Å². The molecule has 6 nitrogen and oxygen atoms in total. The van der Waals surface area contributed by atoms with Crippen molar-refractivity contribution in [3.05, 3.63) is 47.9 Å². The number of aromatic nitrogens is 3. The zero-order chi connectivity index (χ0) is 16.2. The van der Waals surface area contributed by atoms with Crippen LogP contribution in [0.15, 0.2) is 36.5 Å². The fourth-order valence-corrected chi connectivity index (χ4v) is 2.49. The maximum Gasteiger partial charge on any atom is 0.160 e. The number of rotatable bonds is 6. The molecule has 0 aliphatic rings. The summed E-state index contributed by atoms with van der Waals surface area (Å²) in [4.78, 5) is 9.10. The van der Waals surface area contributed by atoms with Gasteiger partial charge >= 0.3 is 0 Å². The monoisotopic (exact) mass is 312 g/mol. The molecule has 2 heterocycles. The molecule has 6 heteroatoms. The SMILES string of the molecule is COCc1nc2cc(C)cnc2n1CCOc1cccc(N)c1. The Morgan fingerprint density at radius 1 is 1.26 bits per heavy atom. The quantitative estimate of drug-likeness (QED) is 0.708. The second-order valence-electron chi connectivity index (χ2n) is 5.39. The standard InChI is InChI=1S/C17H20N4O2/c1-12-8-15-17(19-10-12)21(16(20-15)11-22-2)6-7-23-14-5-3-4-13(18)9-14/h3-5,8-10H,6-7,11,18H2,1-2H3. The maximum atomic E-state index is 5.77. The van der Waals surface area contributed by atoms with Gasteiger partial charge in [-0.2, -0.15) is 0 Å². The number of nitrogen functional groups attached to an aromatic ring is 1. The lowest BCUT2D eigenvalue weighted by atomic mass is 10.3. The van der Waals surface area contributed by atoms with Gasteiger partial charge in [0.05, 0.1) is 6.54 Å². The number of fused-ring (bicyclic) bond motifs is 1. The molecule has 0 aliphatic carbocycles. The molecular weight excluding hydrogens is 292 g/mol. The van der Waals surface area contributed by atoms with Gasteiger partial charge in [-0.1, -0.05) is 6.07 Å². The summed E-state index contributed by atoms with van der Waals surface area (Å²) < 4.78 is 13.0. The third kappa shape index (κ3) is 3.43. The summed E-state index contributed by atoms with van der Waals surface area (Å²) in [6, 6.07) is 9.43. The van der Waals surface area contributed by atoms with E-state index in [1.54, 1.807) is 7.11 Å². The highest BCUT2D eigenvalue weighted by Gasteiger charge is 2.12. The molecule has 0 unspecified atom stereocenters. The van der Waals surface area contributed by atoms with Crippen LogP contribution in [0.5, 0.6) is 5.75 Å². The van der Waals surface area contributed by atoms with E-state index in [0.29, 0.717) is 25.4 Å². The van der Waals surface area contributed by atoms with Gasteiger partial charge in [0.15, 0.2) is 5.65 Å². The number of imidazole rings is 1. The van der Waals surface area contributed by atoms with E-state index < -0.39 is 0 Å². The predicted octanol–water partition coefficient (Wildman–Crippen LogP) is 2.55. The molecule has 2 aromatic heterocycles. The van der Waals surface area contributed by atoms with Gasteiger partial charge in [-0.15, -0.1) is 0 Å². The average Bonchev–Trinajstić information content (AvgIpc) is 2.85. The first-order valence-electron chi connectivity index (χ1n) is 7.46. The molecule has 0 radical (unpaired) electrons. The Morgan fingerprint density at radius 3 is 2.91 bits per heavy atom. The Bertz CT molecular complexity index is 813. The third-order valence-electron chi connectivity index (χ3n) is 3.52. The smallest absolute Gasteiger partial charge is 0.160 e. The van der Waals surface area contributed by atoms with Crippen molar-refractivity contribution in [3.8, 4) is 5.75 Å². The van der Waals surface area contributed by atoms with E-state index >= 15 is 0 Å². The summed E-state index contributed by atoms with van der Waals surface area (Å²) >= 11 is 0. The molecule has 0 fully saturated rings. The molecular formula is C17H20N4O2. The van der Waals surface area contributed by atoms with Gasteiger partial charge in [0.2, 0.25) is 0 Å². The van der Waals surface area contributed by atoms with Crippen LogP contribution in [0.3, 0.4) is 0 Å². The molecule has 0 aliphatic heterocycles. The van der Waals surface area contributed by atoms with Gasteiger partial charge in [0, 0.05) is 25.1 Å². The van der Waals surface area contributed by atoms with E-state index in [2.05, 4.69) is 9.97 Å². The van der Waals surface area contributed by atoms with Gasteiger partial charge in [-0.05, 0) is 30.7 Å². The normalized spacial score (nSPS) is 11.0. The minimum absolute atomic E-state index is 0.438. The average molecular weight is 312 g/mol. The van der Waals surface area contributed by atoms with Gasteiger partial charge in [0.25, 0.3) is 0 Å². The lowest BCUT2D eigenvalue weighted by Gasteiger charge is -2.10. The zero-order valence-electron chi connectivity index (χ0n) is 13.3. The predicted molar refractivity (Wildman–Crippen MR) is 89.3 cm³/mol.